The Morgan fingerprint density at radius 1 is 1.06 bits per heavy atom. The molecule has 0 aromatic heterocycles. The lowest BCUT2D eigenvalue weighted by atomic mass is 9.54. The minimum Gasteiger partial charge on any atom is -0.313 e. The average molecular weight is 255 g/mol. The largest absolute Gasteiger partial charge is 0.313 e. The summed E-state index contributed by atoms with van der Waals surface area (Å²) in [5, 5.41) is 3.79. The maximum atomic E-state index is 11.0. The van der Waals surface area contributed by atoms with Gasteiger partial charge >= 0.3 is 0 Å². The Bertz CT molecular complexity index is 277. The lowest BCUT2D eigenvalue weighted by molar-refractivity contribution is -0.0134. The molecule has 17 heavy (non-hydrogen) atoms. The lowest BCUT2D eigenvalue weighted by Crippen LogP contribution is -2.54. The van der Waals surface area contributed by atoms with Crippen LogP contribution in [0.2, 0.25) is 0 Å². The maximum Gasteiger partial charge on any atom is 0.0244 e. The molecule has 0 amide bonds. The fourth-order valence-electron chi connectivity index (χ4n) is 4.80. The van der Waals surface area contributed by atoms with Crippen molar-refractivity contribution in [2.45, 2.75) is 44.6 Å². The molecule has 0 saturated heterocycles. The lowest BCUT2D eigenvalue weighted by Gasteiger charge is -2.54. The second-order valence-corrected chi connectivity index (χ2v) is 8.10. The second-order valence-electron chi connectivity index (χ2n) is 6.54. The fourth-order valence-corrected chi connectivity index (χ4v) is 5.35. The van der Waals surface area contributed by atoms with Crippen LogP contribution in [0.3, 0.4) is 0 Å². The molecule has 1 atom stereocenters. The van der Waals surface area contributed by atoms with Crippen molar-refractivity contribution in [1.29, 1.82) is 0 Å². The standard InChI is InChI=1S/C14H25NOS/c1-17(16)4-2-3-15-14-12-6-10-5-11(8-12)9-13(14)7-10/h10-15H,2-9H2,1H3. The molecule has 4 rings (SSSR count). The monoisotopic (exact) mass is 255 g/mol. The third-order valence-corrected chi connectivity index (χ3v) is 6.08. The van der Waals surface area contributed by atoms with E-state index in [4.69, 9.17) is 0 Å². The molecule has 0 spiro atoms. The molecule has 4 aliphatic rings. The van der Waals surface area contributed by atoms with Crippen molar-refractivity contribution in [2.75, 3.05) is 18.6 Å². The molecule has 2 nitrogen and oxygen atoms in total. The van der Waals surface area contributed by atoms with E-state index in [0.29, 0.717) is 0 Å². The van der Waals surface area contributed by atoms with E-state index in [0.717, 1.165) is 48.4 Å². The van der Waals surface area contributed by atoms with Gasteiger partial charge in [0.05, 0.1) is 0 Å². The smallest absolute Gasteiger partial charge is 0.0244 e. The molecule has 0 aromatic rings. The van der Waals surface area contributed by atoms with Gasteiger partial charge in [0.2, 0.25) is 0 Å². The van der Waals surface area contributed by atoms with E-state index in [9.17, 15) is 4.21 Å². The molecule has 4 aliphatic carbocycles. The van der Waals surface area contributed by atoms with Gasteiger partial charge in [-0.2, -0.15) is 0 Å². The normalized spacial score (nSPS) is 45.1. The van der Waals surface area contributed by atoms with Crippen molar-refractivity contribution >= 4 is 10.8 Å². The summed E-state index contributed by atoms with van der Waals surface area (Å²) in [5.41, 5.74) is 0. The highest BCUT2D eigenvalue weighted by Gasteiger charge is 2.47. The first-order chi connectivity index (χ1) is 8.22. The SMILES string of the molecule is CS(=O)CCCNC1C2CC3CC(C2)CC1C3. The summed E-state index contributed by atoms with van der Waals surface area (Å²) in [6, 6.07) is 0.799. The van der Waals surface area contributed by atoms with Crippen molar-refractivity contribution in [1.82, 2.24) is 5.32 Å². The van der Waals surface area contributed by atoms with Gasteiger partial charge in [-0.3, -0.25) is 4.21 Å². The molecule has 4 saturated carbocycles. The van der Waals surface area contributed by atoms with Gasteiger partial charge in [-0.05, 0) is 68.7 Å². The Kier molecular flexibility index (Phi) is 3.58. The summed E-state index contributed by atoms with van der Waals surface area (Å²) in [6.07, 6.45) is 10.4. The van der Waals surface area contributed by atoms with E-state index >= 15 is 0 Å². The first-order valence-electron chi connectivity index (χ1n) is 7.25. The van der Waals surface area contributed by atoms with Crippen molar-refractivity contribution < 1.29 is 4.21 Å². The summed E-state index contributed by atoms with van der Waals surface area (Å²) in [6.45, 7) is 1.08. The van der Waals surface area contributed by atoms with Gasteiger partial charge in [0.25, 0.3) is 0 Å². The highest BCUT2D eigenvalue weighted by atomic mass is 32.2. The highest BCUT2D eigenvalue weighted by molar-refractivity contribution is 7.84. The highest BCUT2D eigenvalue weighted by Crippen LogP contribution is 2.53. The predicted molar refractivity (Wildman–Crippen MR) is 72.4 cm³/mol. The van der Waals surface area contributed by atoms with Crippen molar-refractivity contribution in [3.05, 3.63) is 0 Å². The molecule has 0 aliphatic heterocycles. The van der Waals surface area contributed by atoms with Crippen LogP contribution in [0.4, 0.5) is 0 Å². The van der Waals surface area contributed by atoms with Gasteiger partial charge in [-0.25, -0.2) is 0 Å². The summed E-state index contributed by atoms with van der Waals surface area (Å²) >= 11 is 0. The number of nitrogens with one attached hydrogen (secondary N) is 1. The van der Waals surface area contributed by atoms with E-state index in [1.54, 1.807) is 0 Å². The minimum atomic E-state index is -0.616. The van der Waals surface area contributed by atoms with Gasteiger partial charge in [-0.1, -0.05) is 0 Å². The molecule has 1 unspecified atom stereocenters. The molecule has 1 N–H and O–H groups in total. The first kappa shape index (κ1) is 12.2. The van der Waals surface area contributed by atoms with Crippen LogP contribution < -0.4 is 5.32 Å². The van der Waals surface area contributed by atoms with E-state index < -0.39 is 10.8 Å². The fraction of sp³-hybridized carbons (Fsp3) is 1.00. The topological polar surface area (TPSA) is 29.1 Å². The molecule has 98 valence electrons. The number of hydrogen-bond donors (Lipinski definition) is 1. The third-order valence-electron chi connectivity index (χ3n) is 5.22. The van der Waals surface area contributed by atoms with Gasteiger partial charge < -0.3 is 5.32 Å². The number of rotatable bonds is 5. The molecule has 4 bridgehead atoms. The van der Waals surface area contributed by atoms with Crippen LogP contribution in [0.5, 0.6) is 0 Å². The van der Waals surface area contributed by atoms with E-state index in [2.05, 4.69) is 5.32 Å². The molecule has 3 heteroatoms. The predicted octanol–water partition coefficient (Wildman–Crippen LogP) is 2.17. The molecule has 0 heterocycles. The van der Waals surface area contributed by atoms with Crippen LogP contribution in [-0.4, -0.2) is 28.8 Å². The van der Waals surface area contributed by atoms with Crippen molar-refractivity contribution in [3.8, 4) is 0 Å². The Hall–Kier alpha value is 0.110. The minimum absolute atomic E-state index is 0.616. The summed E-state index contributed by atoms with van der Waals surface area (Å²) < 4.78 is 11.0. The third kappa shape index (κ3) is 2.60. The Balaban J connectivity index is 1.49. The quantitative estimate of drug-likeness (QED) is 0.763. The average Bonchev–Trinajstić information content (AvgIpc) is 2.25. The van der Waals surface area contributed by atoms with Crippen LogP contribution in [0.25, 0.3) is 0 Å². The molecular formula is C14H25NOS. The van der Waals surface area contributed by atoms with E-state index in [1.807, 2.05) is 6.26 Å². The van der Waals surface area contributed by atoms with Crippen LogP contribution >= 0.6 is 0 Å². The van der Waals surface area contributed by atoms with Crippen LogP contribution in [-0.2, 0) is 10.8 Å². The maximum absolute atomic E-state index is 11.0. The second kappa shape index (κ2) is 5.00. The Labute approximate surface area is 107 Å². The van der Waals surface area contributed by atoms with Gasteiger partial charge in [0.15, 0.2) is 0 Å². The van der Waals surface area contributed by atoms with Crippen LogP contribution in [0, 0.1) is 23.7 Å². The Morgan fingerprint density at radius 3 is 2.18 bits per heavy atom. The number of hydrogen-bond acceptors (Lipinski definition) is 2. The van der Waals surface area contributed by atoms with E-state index in [1.165, 1.54) is 32.1 Å². The van der Waals surface area contributed by atoms with Gasteiger partial charge in [0.1, 0.15) is 0 Å². The van der Waals surface area contributed by atoms with Crippen molar-refractivity contribution in [3.63, 3.8) is 0 Å². The van der Waals surface area contributed by atoms with Gasteiger partial charge in [0, 0.05) is 28.9 Å². The Morgan fingerprint density at radius 2 is 1.65 bits per heavy atom. The summed E-state index contributed by atoms with van der Waals surface area (Å²) in [4.78, 5) is 0. The zero-order chi connectivity index (χ0) is 11.8. The molecule has 0 radical (unpaired) electrons. The molecule has 4 fully saturated rings. The van der Waals surface area contributed by atoms with Crippen LogP contribution in [0.1, 0.15) is 38.5 Å². The first-order valence-corrected chi connectivity index (χ1v) is 8.98. The summed E-state index contributed by atoms with van der Waals surface area (Å²) in [5.74, 6) is 4.94. The molecular weight excluding hydrogens is 230 g/mol. The van der Waals surface area contributed by atoms with Gasteiger partial charge in [-0.15, -0.1) is 0 Å². The van der Waals surface area contributed by atoms with E-state index in [-0.39, 0.29) is 0 Å². The zero-order valence-corrected chi connectivity index (χ0v) is 11.7. The molecule has 0 aromatic carbocycles. The summed E-state index contributed by atoms with van der Waals surface area (Å²) in [7, 11) is -0.616. The van der Waals surface area contributed by atoms with Crippen molar-refractivity contribution in [2.24, 2.45) is 23.7 Å². The zero-order valence-electron chi connectivity index (χ0n) is 10.9. The van der Waals surface area contributed by atoms with Crippen LogP contribution in [0.15, 0.2) is 0 Å².